The average molecular weight is 311 g/mol. The summed E-state index contributed by atoms with van der Waals surface area (Å²) >= 11 is 0. The fourth-order valence-corrected chi connectivity index (χ4v) is 1.86. The van der Waals surface area contributed by atoms with Gasteiger partial charge in [0, 0.05) is 12.1 Å². The van der Waals surface area contributed by atoms with Gasteiger partial charge in [-0.2, -0.15) is 0 Å². The van der Waals surface area contributed by atoms with Gasteiger partial charge in [-0.1, -0.05) is 17.3 Å². The number of ether oxygens (including phenoxy) is 2. The number of hydrogen-bond donors (Lipinski definition) is 1. The van der Waals surface area contributed by atoms with Crippen molar-refractivity contribution in [3.63, 3.8) is 0 Å². The lowest BCUT2D eigenvalue weighted by Crippen LogP contribution is -2.12. The summed E-state index contributed by atoms with van der Waals surface area (Å²) in [5, 5.41) is 6.21. The van der Waals surface area contributed by atoms with Crippen LogP contribution in [0, 0.1) is 0 Å². The van der Waals surface area contributed by atoms with Crippen molar-refractivity contribution in [1.29, 1.82) is 0 Å². The van der Waals surface area contributed by atoms with Crippen LogP contribution in [0.15, 0.2) is 59.4 Å². The number of hydrogen-bond acceptors (Lipinski definition) is 6. The molecule has 0 saturated heterocycles. The van der Waals surface area contributed by atoms with Crippen LogP contribution in [0.5, 0.6) is 17.4 Å². The van der Waals surface area contributed by atoms with Gasteiger partial charge in [-0.25, -0.2) is 4.98 Å². The minimum Gasteiger partial charge on any atom is -0.493 e. The second-order valence-electron chi connectivity index (χ2n) is 4.48. The minimum absolute atomic E-state index is 0.194. The summed E-state index contributed by atoms with van der Waals surface area (Å²) in [7, 11) is 1.57. The molecule has 7 heteroatoms. The van der Waals surface area contributed by atoms with Gasteiger partial charge in [-0.05, 0) is 18.2 Å². The first-order valence-corrected chi connectivity index (χ1v) is 6.75. The predicted octanol–water partition coefficient (Wildman–Crippen LogP) is 3.12. The van der Waals surface area contributed by atoms with Gasteiger partial charge in [-0.3, -0.25) is 4.79 Å². The summed E-state index contributed by atoms with van der Waals surface area (Å²) < 4.78 is 15.5. The van der Waals surface area contributed by atoms with Crippen LogP contribution >= 0.6 is 0 Å². The fraction of sp³-hybridized carbons (Fsp3) is 0.0625. The highest BCUT2D eigenvalue weighted by Gasteiger charge is 2.10. The third-order valence-corrected chi connectivity index (χ3v) is 2.95. The van der Waals surface area contributed by atoms with Crippen molar-refractivity contribution in [3.8, 4) is 17.4 Å². The van der Waals surface area contributed by atoms with Crippen molar-refractivity contribution in [2.75, 3.05) is 12.4 Å². The number of pyridine rings is 1. The highest BCUT2D eigenvalue weighted by molar-refractivity contribution is 6.02. The van der Waals surface area contributed by atoms with E-state index in [1.165, 1.54) is 18.5 Å². The van der Waals surface area contributed by atoms with Crippen LogP contribution in [0.3, 0.4) is 0 Å². The van der Waals surface area contributed by atoms with Crippen molar-refractivity contribution in [3.05, 3.63) is 60.6 Å². The van der Waals surface area contributed by atoms with Gasteiger partial charge in [-0.15, -0.1) is 0 Å². The van der Waals surface area contributed by atoms with Gasteiger partial charge in [0.2, 0.25) is 5.88 Å². The molecule has 0 aliphatic carbocycles. The lowest BCUT2D eigenvalue weighted by molar-refractivity contribution is 0.101. The van der Waals surface area contributed by atoms with E-state index < -0.39 is 0 Å². The molecular formula is C16H13N3O4. The number of carbonyl (C=O) groups excluding carboxylic acids is 1. The van der Waals surface area contributed by atoms with Gasteiger partial charge in [0.1, 0.15) is 6.26 Å². The summed E-state index contributed by atoms with van der Waals surface area (Å²) in [6.07, 6.45) is 2.82. The number of benzene rings is 1. The number of carbonyl (C=O) groups is 1. The molecule has 0 aliphatic heterocycles. The summed E-state index contributed by atoms with van der Waals surface area (Å²) in [6, 6.07) is 12.1. The molecule has 1 aromatic carbocycles. The largest absolute Gasteiger partial charge is 0.493 e. The second kappa shape index (κ2) is 6.61. The van der Waals surface area contributed by atoms with Gasteiger partial charge >= 0.3 is 0 Å². The third-order valence-electron chi connectivity index (χ3n) is 2.95. The topological polar surface area (TPSA) is 86.5 Å². The first kappa shape index (κ1) is 14.6. The van der Waals surface area contributed by atoms with Gasteiger partial charge in [0.25, 0.3) is 5.91 Å². The van der Waals surface area contributed by atoms with Crippen LogP contribution in [0.1, 0.15) is 10.5 Å². The summed E-state index contributed by atoms with van der Waals surface area (Å²) in [6.45, 7) is 0. The van der Waals surface area contributed by atoms with Crippen LogP contribution in [0.4, 0.5) is 5.69 Å². The molecule has 23 heavy (non-hydrogen) atoms. The van der Waals surface area contributed by atoms with Crippen molar-refractivity contribution >= 4 is 11.6 Å². The number of para-hydroxylation sites is 2. The highest BCUT2D eigenvalue weighted by Crippen LogP contribution is 2.30. The number of methoxy groups -OCH3 is 1. The molecule has 3 rings (SSSR count). The fourth-order valence-electron chi connectivity index (χ4n) is 1.86. The zero-order chi connectivity index (χ0) is 16.1. The molecule has 0 aliphatic rings. The normalized spacial score (nSPS) is 10.1. The minimum atomic E-state index is -0.376. The smallest absolute Gasteiger partial charge is 0.277 e. The standard InChI is InChI=1S/C16H13N3O4/c1-21-13-4-2-3-5-14(13)23-15-7-6-11(10-17-15)18-16(20)12-8-9-22-19-12/h2-10H,1H3,(H,18,20). The monoisotopic (exact) mass is 311 g/mol. The molecule has 1 N–H and O–H groups in total. The van der Waals surface area contributed by atoms with E-state index in [4.69, 9.17) is 9.47 Å². The van der Waals surface area contributed by atoms with Crippen LogP contribution in [0.2, 0.25) is 0 Å². The molecule has 1 amide bonds. The zero-order valence-electron chi connectivity index (χ0n) is 12.2. The third kappa shape index (κ3) is 3.46. The van der Waals surface area contributed by atoms with Crippen molar-refractivity contribution in [2.24, 2.45) is 0 Å². The number of nitrogens with one attached hydrogen (secondary N) is 1. The Morgan fingerprint density at radius 3 is 2.61 bits per heavy atom. The molecule has 116 valence electrons. The van der Waals surface area contributed by atoms with E-state index in [9.17, 15) is 4.79 Å². The Balaban J connectivity index is 1.68. The molecule has 3 aromatic rings. The molecule has 2 aromatic heterocycles. The Kier molecular flexibility index (Phi) is 4.19. The van der Waals surface area contributed by atoms with Crippen molar-refractivity contribution in [1.82, 2.24) is 10.1 Å². The first-order chi connectivity index (χ1) is 11.3. The maximum Gasteiger partial charge on any atom is 0.277 e. The number of nitrogens with zero attached hydrogens (tertiary/aromatic N) is 2. The number of aromatic nitrogens is 2. The van der Waals surface area contributed by atoms with E-state index >= 15 is 0 Å². The Morgan fingerprint density at radius 1 is 1.13 bits per heavy atom. The summed E-state index contributed by atoms with van der Waals surface area (Å²) in [5.41, 5.74) is 0.713. The van der Waals surface area contributed by atoms with E-state index in [0.29, 0.717) is 23.1 Å². The quantitative estimate of drug-likeness (QED) is 0.779. The molecule has 0 radical (unpaired) electrons. The second-order valence-corrected chi connectivity index (χ2v) is 4.48. The van der Waals surface area contributed by atoms with Crippen molar-refractivity contribution < 1.29 is 18.8 Å². The molecule has 0 spiro atoms. The Bertz CT molecular complexity index is 785. The van der Waals surface area contributed by atoms with Crippen LogP contribution in [-0.2, 0) is 0 Å². The molecule has 7 nitrogen and oxygen atoms in total. The molecule has 0 saturated carbocycles. The molecular weight excluding hydrogens is 298 g/mol. The highest BCUT2D eigenvalue weighted by atomic mass is 16.5. The molecule has 0 atom stereocenters. The van der Waals surface area contributed by atoms with E-state index in [1.807, 2.05) is 12.1 Å². The molecule has 2 heterocycles. The van der Waals surface area contributed by atoms with E-state index in [2.05, 4.69) is 20.0 Å². The number of rotatable bonds is 5. The van der Waals surface area contributed by atoms with E-state index in [-0.39, 0.29) is 11.6 Å². The maximum absolute atomic E-state index is 11.8. The lowest BCUT2D eigenvalue weighted by atomic mass is 10.3. The number of amides is 1. The average Bonchev–Trinajstić information content (AvgIpc) is 3.12. The van der Waals surface area contributed by atoms with E-state index in [1.54, 1.807) is 31.4 Å². The Labute approximate surface area is 131 Å². The molecule has 0 fully saturated rings. The van der Waals surface area contributed by atoms with Crippen LogP contribution in [-0.4, -0.2) is 23.2 Å². The van der Waals surface area contributed by atoms with Gasteiger partial charge in [0.05, 0.1) is 19.0 Å². The maximum atomic E-state index is 11.8. The Hall–Kier alpha value is -3.35. The Morgan fingerprint density at radius 2 is 1.96 bits per heavy atom. The summed E-state index contributed by atoms with van der Waals surface area (Å²) in [5.74, 6) is 1.17. The van der Waals surface area contributed by atoms with Crippen LogP contribution in [0.25, 0.3) is 0 Å². The summed E-state index contributed by atoms with van der Waals surface area (Å²) in [4.78, 5) is 16.0. The SMILES string of the molecule is COc1ccccc1Oc1ccc(NC(=O)c2ccon2)cn1. The zero-order valence-corrected chi connectivity index (χ0v) is 12.2. The van der Waals surface area contributed by atoms with Crippen LogP contribution < -0.4 is 14.8 Å². The van der Waals surface area contributed by atoms with Gasteiger partial charge < -0.3 is 19.3 Å². The predicted molar refractivity (Wildman–Crippen MR) is 81.8 cm³/mol. The van der Waals surface area contributed by atoms with E-state index in [0.717, 1.165) is 0 Å². The lowest BCUT2D eigenvalue weighted by Gasteiger charge is -2.09. The first-order valence-electron chi connectivity index (χ1n) is 6.75. The number of anilines is 1. The molecule has 0 unspecified atom stereocenters. The molecule has 0 bridgehead atoms. The van der Waals surface area contributed by atoms with Crippen molar-refractivity contribution in [2.45, 2.75) is 0 Å². The van der Waals surface area contributed by atoms with Gasteiger partial charge in [0.15, 0.2) is 17.2 Å².